The molecule has 126 valence electrons. The summed E-state index contributed by atoms with van der Waals surface area (Å²) in [4.78, 5) is 16.3. The zero-order chi connectivity index (χ0) is 16.4. The van der Waals surface area contributed by atoms with Crippen molar-refractivity contribution in [2.24, 2.45) is 0 Å². The van der Waals surface area contributed by atoms with Gasteiger partial charge >= 0.3 is 6.09 Å². The highest BCUT2D eigenvalue weighted by Gasteiger charge is 2.26. The van der Waals surface area contributed by atoms with Crippen LogP contribution in [0.1, 0.15) is 31.9 Å². The monoisotopic (exact) mass is 318 g/mol. The van der Waals surface area contributed by atoms with Crippen molar-refractivity contribution in [2.75, 3.05) is 32.8 Å². The largest absolute Gasteiger partial charge is 0.493 e. The molecule has 2 aliphatic heterocycles. The number of hydrogen-bond acceptors (Lipinski definition) is 4. The Morgan fingerprint density at radius 3 is 2.65 bits per heavy atom. The Bertz CT molecular complexity index is 572. The standard InChI is InChI=1S/C18H26N2O3/c1-18(2,3)23-17(21)20-9-7-19(8-10-20)13-14-4-5-16-15(12-14)6-11-22-16/h4-5,12H,6-11,13H2,1-3H3. The number of piperazine rings is 1. The van der Waals surface area contributed by atoms with Crippen LogP contribution in [0, 0.1) is 0 Å². The first kappa shape index (κ1) is 16.1. The van der Waals surface area contributed by atoms with E-state index in [9.17, 15) is 4.79 Å². The molecule has 0 radical (unpaired) electrons. The Kier molecular flexibility index (Phi) is 4.48. The summed E-state index contributed by atoms with van der Waals surface area (Å²) < 4.78 is 11.0. The van der Waals surface area contributed by atoms with Gasteiger partial charge in [-0.15, -0.1) is 0 Å². The van der Waals surface area contributed by atoms with E-state index in [-0.39, 0.29) is 6.09 Å². The number of carbonyl (C=O) groups is 1. The van der Waals surface area contributed by atoms with Crippen molar-refractivity contribution in [3.8, 4) is 5.75 Å². The van der Waals surface area contributed by atoms with Crippen LogP contribution in [0.2, 0.25) is 0 Å². The first-order valence-electron chi connectivity index (χ1n) is 8.36. The first-order valence-corrected chi connectivity index (χ1v) is 8.36. The van der Waals surface area contributed by atoms with Crippen LogP contribution in [0.3, 0.4) is 0 Å². The summed E-state index contributed by atoms with van der Waals surface area (Å²) in [6.07, 6.45) is 0.808. The van der Waals surface area contributed by atoms with Crippen LogP contribution in [-0.2, 0) is 17.7 Å². The number of amides is 1. The molecule has 1 saturated heterocycles. The lowest BCUT2D eigenvalue weighted by Crippen LogP contribution is -2.49. The molecular formula is C18H26N2O3. The molecule has 2 heterocycles. The molecule has 0 saturated carbocycles. The van der Waals surface area contributed by atoms with E-state index in [2.05, 4.69) is 23.1 Å². The maximum absolute atomic E-state index is 12.1. The highest BCUT2D eigenvalue weighted by molar-refractivity contribution is 5.68. The molecule has 2 aliphatic rings. The molecule has 1 amide bonds. The third-order valence-electron chi connectivity index (χ3n) is 4.18. The van der Waals surface area contributed by atoms with Crippen LogP contribution < -0.4 is 4.74 Å². The molecular weight excluding hydrogens is 292 g/mol. The Balaban J connectivity index is 1.50. The van der Waals surface area contributed by atoms with E-state index in [4.69, 9.17) is 9.47 Å². The number of carbonyl (C=O) groups excluding carboxylic acids is 1. The van der Waals surface area contributed by atoms with Crippen molar-refractivity contribution in [3.05, 3.63) is 29.3 Å². The smallest absolute Gasteiger partial charge is 0.410 e. The van der Waals surface area contributed by atoms with E-state index in [1.54, 1.807) is 4.90 Å². The van der Waals surface area contributed by atoms with Gasteiger partial charge < -0.3 is 14.4 Å². The summed E-state index contributed by atoms with van der Waals surface area (Å²) in [7, 11) is 0. The van der Waals surface area contributed by atoms with Crippen LogP contribution in [0.25, 0.3) is 0 Å². The molecule has 3 rings (SSSR count). The van der Waals surface area contributed by atoms with E-state index >= 15 is 0 Å². The molecule has 5 heteroatoms. The molecule has 0 N–H and O–H groups in total. The highest BCUT2D eigenvalue weighted by Crippen LogP contribution is 2.26. The minimum Gasteiger partial charge on any atom is -0.493 e. The van der Waals surface area contributed by atoms with Crippen molar-refractivity contribution >= 4 is 6.09 Å². The second-order valence-corrected chi connectivity index (χ2v) is 7.28. The van der Waals surface area contributed by atoms with Gasteiger partial charge in [0.2, 0.25) is 0 Å². The van der Waals surface area contributed by atoms with E-state index in [0.29, 0.717) is 0 Å². The van der Waals surface area contributed by atoms with Crippen LogP contribution >= 0.6 is 0 Å². The zero-order valence-corrected chi connectivity index (χ0v) is 14.3. The summed E-state index contributed by atoms with van der Waals surface area (Å²) in [6.45, 7) is 10.6. The minimum absolute atomic E-state index is 0.202. The SMILES string of the molecule is CC(C)(C)OC(=O)N1CCN(Cc2ccc3c(c2)CCO3)CC1. The summed E-state index contributed by atoms with van der Waals surface area (Å²) >= 11 is 0. The Morgan fingerprint density at radius 1 is 1.22 bits per heavy atom. The topological polar surface area (TPSA) is 42.0 Å². The van der Waals surface area contributed by atoms with E-state index < -0.39 is 5.60 Å². The van der Waals surface area contributed by atoms with Gasteiger partial charge in [0.1, 0.15) is 11.4 Å². The predicted molar refractivity (Wildman–Crippen MR) is 88.7 cm³/mol. The van der Waals surface area contributed by atoms with E-state index in [1.807, 2.05) is 20.8 Å². The molecule has 0 atom stereocenters. The number of nitrogens with zero attached hydrogens (tertiary/aromatic N) is 2. The summed E-state index contributed by atoms with van der Waals surface area (Å²) in [5, 5.41) is 0. The summed E-state index contributed by atoms with van der Waals surface area (Å²) in [5.41, 5.74) is 2.20. The lowest BCUT2D eigenvalue weighted by Gasteiger charge is -2.35. The average molecular weight is 318 g/mol. The molecule has 1 aromatic rings. The number of ether oxygens (including phenoxy) is 2. The third-order valence-corrected chi connectivity index (χ3v) is 4.18. The number of fused-ring (bicyclic) bond motifs is 1. The molecule has 0 bridgehead atoms. The van der Waals surface area contributed by atoms with Gasteiger partial charge in [-0.3, -0.25) is 4.90 Å². The third kappa shape index (κ3) is 4.16. The molecule has 0 aliphatic carbocycles. The van der Waals surface area contributed by atoms with Gasteiger partial charge in [0.05, 0.1) is 6.61 Å². The van der Waals surface area contributed by atoms with Gasteiger partial charge in [-0.05, 0) is 38.0 Å². The molecule has 0 aromatic heterocycles. The zero-order valence-electron chi connectivity index (χ0n) is 14.3. The Morgan fingerprint density at radius 2 is 1.96 bits per heavy atom. The average Bonchev–Trinajstić information content (AvgIpc) is 2.94. The fourth-order valence-electron chi connectivity index (χ4n) is 3.01. The van der Waals surface area contributed by atoms with Crippen molar-refractivity contribution in [2.45, 2.75) is 39.3 Å². The molecule has 0 spiro atoms. The van der Waals surface area contributed by atoms with Gasteiger partial charge in [-0.2, -0.15) is 0 Å². The molecule has 1 aromatic carbocycles. The lowest BCUT2D eigenvalue weighted by atomic mass is 10.1. The van der Waals surface area contributed by atoms with Crippen LogP contribution in [0.5, 0.6) is 5.75 Å². The number of benzene rings is 1. The molecule has 0 unspecified atom stereocenters. The quantitative estimate of drug-likeness (QED) is 0.841. The van der Waals surface area contributed by atoms with E-state index in [1.165, 1.54) is 11.1 Å². The molecule has 23 heavy (non-hydrogen) atoms. The second-order valence-electron chi connectivity index (χ2n) is 7.28. The van der Waals surface area contributed by atoms with Crippen LogP contribution in [0.4, 0.5) is 4.79 Å². The lowest BCUT2D eigenvalue weighted by molar-refractivity contribution is 0.0139. The van der Waals surface area contributed by atoms with Crippen LogP contribution in [-0.4, -0.2) is 54.3 Å². The Hall–Kier alpha value is -1.75. The van der Waals surface area contributed by atoms with Crippen molar-refractivity contribution in [1.82, 2.24) is 9.80 Å². The summed E-state index contributed by atoms with van der Waals surface area (Å²) in [5.74, 6) is 1.03. The van der Waals surface area contributed by atoms with Gasteiger partial charge in [0.15, 0.2) is 0 Å². The number of hydrogen-bond donors (Lipinski definition) is 0. The van der Waals surface area contributed by atoms with Crippen molar-refractivity contribution < 1.29 is 14.3 Å². The fourth-order valence-corrected chi connectivity index (χ4v) is 3.01. The highest BCUT2D eigenvalue weighted by atomic mass is 16.6. The maximum atomic E-state index is 12.1. The second kappa shape index (κ2) is 6.40. The molecule has 5 nitrogen and oxygen atoms in total. The first-order chi connectivity index (χ1) is 10.9. The van der Waals surface area contributed by atoms with Gasteiger partial charge in [-0.25, -0.2) is 4.79 Å². The maximum Gasteiger partial charge on any atom is 0.410 e. The van der Waals surface area contributed by atoms with Gasteiger partial charge in [0, 0.05) is 39.1 Å². The minimum atomic E-state index is -0.430. The summed E-state index contributed by atoms with van der Waals surface area (Å²) in [6, 6.07) is 6.47. The van der Waals surface area contributed by atoms with Gasteiger partial charge in [0.25, 0.3) is 0 Å². The number of rotatable bonds is 2. The van der Waals surface area contributed by atoms with Gasteiger partial charge in [-0.1, -0.05) is 12.1 Å². The predicted octanol–water partition coefficient (Wildman–Crippen LogP) is 2.67. The van der Waals surface area contributed by atoms with Crippen molar-refractivity contribution in [3.63, 3.8) is 0 Å². The van der Waals surface area contributed by atoms with Crippen LogP contribution in [0.15, 0.2) is 18.2 Å². The normalized spacial score (nSPS) is 18.5. The fraction of sp³-hybridized carbons (Fsp3) is 0.611. The Labute approximate surface area is 138 Å². The van der Waals surface area contributed by atoms with E-state index in [0.717, 1.165) is 51.5 Å². The molecule has 1 fully saturated rings. The van der Waals surface area contributed by atoms with Crippen molar-refractivity contribution in [1.29, 1.82) is 0 Å².